The van der Waals surface area contributed by atoms with Gasteiger partial charge >= 0.3 is 0 Å². The summed E-state index contributed by atoms with van der Waals surface area (Å²) in [6.45, 7) is 0.560. The fourth-order valence-electron chi connectivity index (χ4n) is 3.64. The van der Waals surface area contributed by atoms with Gasteiger partial charge in [-0.2, -0.15) is 14.6 Å². The van der Waals surface area contributed by atoms with E-state index in [0.717, 1.165) is 23.3 Å². The molecule has 0 atom stereocenters. The number of methoxy groups -OCH3 is 1. The van der Waals surface area contributed by atoms with Crippen molar-refractivity contribution in [3.8, 4) is 17.0 Å². The average Bonchev–Trinajstić information content (AvgIpc) is 3.26. The molecule has 0 amide bonds. The van der Waals surface area contributed by atoms with E-state index in [1.54, 1.807) is 22.4 Å². The number of nitrogens with zero attached hydrogens (tertiary/aromatic N) is 5. The molecule has 3 heterocycles. The van der Waals surface area contributed by atoms with Crippen molar-refractivity contribution in [2.45, 2.75) is 13.0 Å². The van der Waals surface area contributed by atoms with Crippen molar-refractivity contribution in [2.24, 2.45) is 0 Å². The number of fused-ring (bicyclic) bond motifs is 2. The third-order valence-corrected chi connectivity index (χ3v) is 5.19. The molecule has 2 aromatic carbocycles. The summed E-state index contributed by atoms with van der Waals surface area (Å²) in [4.78, 5) is 22.2. The van der Waals surface area contributed by atoms with E-state index in [1.165, 1.54) is 6.33 Å². The van der Waals surface area contributed by atoms with Crippen LogP contribution in [0.15, 0.2) is 78.0 Å². The van der Waals surface area contributed by atoms with Crippen molar-refractivity contribution in [2.75, 3.05) is 7.11 Å². The van der Waals surface area contributed by atoms with E-state index in [9.17, 15) is 4.79 Å². The molecule has 0 aliphatic rings. The van der Waals surface area contributed by atoms with Crippen molar-refractivity contribution < 1.29 is 4.74 Å². The lowest BCUT2D eigenvalue weighted by atomic mass is 10.1. The predicted octanol–water partition coefficient (Wildman–Crippen LogP) is 3.36. The lowest BCUT2D eigenvalue weighted by molar-refractivity contribution is 0.414. The quantitative estimate of drug-likeness (QED) is 0.455. The molecule has 30 heavy (non-hydrogen) atoms. The molecule has 0 bridgehead atoms. The van der Waals surface area contributed by atoms with Crippen LogP contribution in [0.1, 0.15) is 5.56 Å². The Labute approximate surface area is 172 Å². The van der Waals surface area contributed by atoms with Crippen LogP contribution in [0.2, 0.25) is 0 Å². The molecule has 0 aliphatic carbocycles. The Morgan fingerprint density at radius 3 is 2.57 bits per heavy atom. The highest BCUT2D eigenvalue weighted by Gasteiger charge is 2.16. The average molecular weight is 397 g/mol. The highest BCUT2D eigenvalue weighted by molar-refractivity contribution is 5.93. The number of aryl methyl sites for hydroxylation is 2. The van der Waals surface area contributed by atoms with Gasteiger partial charge in [-0.05, 0) is 30.2 Å². The van der Waals surface area contributed by atoms with E-state index in [1.807, 2.05) is 60.7 Å². The molecule has 5 aromatic rings. The Balaban J connectivity index is 1.62. The second-order valence-corrected chi connectivity index (χ2v) is 6.97. The van der Waals surface area contributed by atoms with E-state index in [4.69, 9.17) is 4.74 Å². The van der Waals surface area contributed by atoms with Gasteiger partial charge in [0.1, 0.15) is 12.1 Å². The molecule has 0 N–H and O–H groups in total. The Bertz CT molecular complexity index is 1390. The van der Waals surface area contributed by atoms with Crippen molar-refractivity contribution in [3.05, 3.63) is 89.1 Å². The minimum Gasteiger partial charge on any atom is -0.497 e. The summed E-state index contributed by atoms with van der Waals surface area (Å²) in [5.74, 6) is 1.29. The first-order chi connectivity index (χ1) is 14.7. The highest BCUT2D eigenvalue weighted by Crippen LogP contribution is 2.25. The van der Waals surface area contributed by atoms with Crippen LogP contribution in [-0.2, 0) is 13.0 Å². The standard InChI is InChI=1S/C23H19N5O2/c1-30-18-9-7-16(8-10-18)11-13-27-14-12-19-20(22(27)29)21(17-5-3-2-4-6-17)28-23(26-19)24-15-25-28/h2-10,12,14-15H,11,13H2,1H3. The largest absolute Gasteiger partial charge is 0.497 e. The zero-order chi connectivity index (χ0) is 20.5. The van der Waals surface area contributed by atoms with E-state index in [2.05, 4.69) is 15.1 Å². The lowest BCUT2D eigenvalue weighted by Gasteiger charge is -2.11. The molecule has 0 unspecified atom stereocenters. The topological polar surface area (TPSA) is 74.3 Å². The third-order valence-electron chi connectivity index (χ3n) is 5.19. The molecule has 7 nitrogen and oxygen atoms in total. The van der Waals surface area contributed by atoms with E-state index < -0.39 is 0 Å². The van der Waals surface area contributed by atoms with Crippen molar-refractivity contribution in [3.63, 3.8) is 0 Å². The molecular weight excluding hydrogens is 378 g/mol. The molecule has 7 heteroatoms. The van der Waals surface area contributed by atoms with Crippen LogP contribution in [0, 0.1) is 0 Å². The summed E-state index contributed by atoms with van der Waals surface area (Å²) >= 11 is 0. The molecule has 0 saturated heterocycles. The van der Waals surface area contributed by atoms with Gasteiger partial charge in [0.2, 0.25) is 0 Å². The van der Waals surface area contributed by atoms with E-state index in [-0.39, 0.29) is 5.56 Å². The van der Waals surface area contributed by atoms with Crippen LogP contribution in [0.5, 0.6) is 5.75 Å². The monoisotopic (exact) mass is 397 g/mol. The normalized spacial score (nSPS) is 11.2. The van der Waals surface area contributed by atoms with Crippen molar-refractivity contribution in [1.82, 2.24) is 24.1 Å². The fourth-order valence-corrected chi connectivity index (χ4v) is 3.64. The second-order valence-electron chi connectivity index (χ2n) is 6.97. The predicted molar refractivity (Wildman–Crippen MR) is 115 cm³/mol. The number of ether oxygens (including phenoxy) is 1. The van der Waals surface area contributed by atoms with Gasteiger partial charge in [-0.15, -0.1) is 0 Å². The van der Waals surface area contributed by atoms with E-state index >= 15 is 0 Å². The maximum Gasteiger partial charge on any atom is 0.262 e. The first kappa shape index (κ1) is 18.1. The Kier molecular flexibility index (Phi) is 4.48. The summed E-state index contributed by atoms with van der Waals surface area (Å²) in [7, 11) is 1.65. The van der Waals surface area contributed by atoms with Gasteiger partial charge in [0.25, 0.3) is 11.3 Å². The second kappa shape index (κ2) is 7.44. The Hall–Kier alpha value is -4.00. The number of benzene rings is 2. The van der Waals surface area contributed by atoms with Gasteiger partial charge in [-0.1, -0.05) is 42.5 Å². The van der Waals surface area contributed by atoms with Crippen LogP contribution in [0.25, 0.3) is 27.9 Å². The minimum absolute atomic E-state index is 0.0928. The van der Waals surface area contributed by atoms with Crippen LogP contribution < -0.4 is 10.3 Å². The zero-order valence-corrected chi connectivity index (χ0v) is 16.4. The first-order valence-electron chi connectivity index (χ1n) is 9.66. The van der Waals surface area contributed by atoms with Gasteiger partial charge in [0, 0.05) is 18.3 Å². The molecule has 0 saturated carbocycles. The smallest absolute Gasteiger partial charge is 0.262 e. The zero-order valence-electron chi connectivity index (χ0n) is 16.4. The number of hydrogen-bond donors (Lipinski definition) is 0. The van der Waals surface area contributed by atoms with Gasteiger partial charge < -0.3 is 9.30 Å². The molecule has 0 aliphatic heterocycles. The van der Waals surface area contributed by atoms with Gasteiger partial charge in [0.15, 0.2) is 0 Å². The molecule has 5 rings (SSSR count). The number of aromatic nitrogens is 5. The maximum absolute atomic E-state index is 13.5. The lowest BCUT2D eigenvalue weighted by Crippen LogP contribution is -2.22. The first-order valence-corrected chi connectivity index (χ1v) is 9.66. The summed E-state index contributed by atoms with van der Waals surface area (Å²) in [5.41, 5.74) is 3.25. The molecule has 0 radical (unpaired) electrons. The minimum atomic E-state index is -0.0928. The van der Waals surface area contributed by atoms with Gasteiger partial charge in [0.05, 0.1) is 23.7 Å². The Morgan fingerprint density at radius 2 is 1.80 bits per heavy atom. The molecule has 0 spiro atoms. The molecule has 148 valence electrons. The summed E-state index contributed by atoms with van der Waals surface area (Å²) in [6.07, 6.45) is 3.98. The van der Waals surface area contributed by atoms with Crippen LogP contribution >= 0.6 is 0 Å². The summed E-state index contributed by atoms with van der Waals surface area (Å²) < 4.78 is 8.56. The summed E-state index contributed by atoms with van der Waals surface area (Å²) in [6, 6.07) is 19.5. The molecule has 3 aromatic heterocycles. The highest BCUT2D eigenvalue weighted by atomic mass is 16.5. The number of pyridine rings is 1. The van der Waals surface area contributed by atoms with Crippen LogP contribution in [0.4, 0.5) is 0 Å². The summed E-state index contributed by atoms with van der Waals surface area (Å²) in [5, 5.41) is 4.85. The van der Waals surface area contributed by atoms with E-state index in [0.29, 0.717) is 28.9 Å². The number of rotatable bonds is 5. The van der Waals surface area contributed by atoms with Crippen LogP contribution in [0.3, 0.4) is 0 Å². The SMILES string of the molecule is COc1ccc(CCn2ccc3nc4ncnn4c(-c4ccccc4)c3c2=O)cc1. The van der Waals surface area contributed by atoms with Gasteiger partial charge in [-0.25, -0.2) is 4.98 Å². The van der Waals surface area contributed by atoms with Crippen LogP contribution in [-0.4, -0.2) is 31.3 Å². The number of hydrogen-bond acceptors (Lipinski definition) is 5. The molecule has 0 fully saturated rings. The Morgan fingerprint density at radius 1 is 1.00 bits per heavy atom. The van der Waals surface area contributed by atoms with Crippen molar-refractivity contribution >= 4 is 16.7 Å². The third kappa shape index (κ3) is 3.10. The van der Waals surface area contributed by atoms with Gasteiger partial charge in [-0.3, -0.25) is 4.79 Å². The maximum atomic E-state index is 13.5. The van der Waals surface area contributed by atoms with Crippen molar-refractivity contribution in [1.29, 1.82) is 0 Å². The molecular formula is C23H19N5O2. The fraction of sp³-hybridized carbons (Fsp3) is 0.130.